The van der Waals surface area contributed by atoms with Crippen molar-refractivity contribution < 1.29 is 4.79 Å². The Morgan fingerprint density at radius 2 is 1.88 bits per heavy atom. The number of benzene rings is 1. The van der Waals surface area contributed by atoms with Crippen LogP contribution in [0.1, 0.15) is 11.3 Å². The molecule has 0 aliphatic carbocycles. The quantitative estimate of drug-likeness (QED) is 0.838. The average Bonchev–Trinajstić information content (AvgIpc) is 2.59. The van der Waals surface area contributed by atoms with Crippen LogP contribution in [0.3, 0.4) is 0 Å². The molecule has 1 aromatic carbocycles. The van der Waals surface area contributed by atoms with Crippen molar-refractivity contribution in [3.05, 3.63) is 57.2 Å². The first kappa shape index (κ1) is 17.5. The van der Waals surface area contributed by atoms with Crippen LogP contribution in [0.5, 0.6) is 0 Å². The number of hydrogen-bond donors (Lipinski definition) is 0. The Morgan fingerprint density at radius 1 is 1.16 bits per heavy atom. The van der Waals surface area contributed by atoms with Crippen molar-refractivity contribution in [2.45, 2.75) is 20.4 Å². The summed E-state index contributed by atoms with van der Waals surface area (Å²) in [6.07, 6.45) is 1.43. The average molecular weight is 361 g/mol. The smallest absolute Gasteiger partial charge is 0.253 e. The van der Waals surface area contributed by atoms with Gasteiger partial charge in [0.25, 0.3) is 5.56 Å². The highest BCUT2D eigenvalue weighted by molar-refractivity contribution is 6.30. The minimum atomic E-state index is -0.200. The standard InChI is InChI=1S/C18H21ClN4O2/c1-13-3-4-15(19)10-16(13)21-5-7-22(8-6-21)18(25)11-23-12-20-14(2)9-17(23)24/h3-4,9-10,12H,5-8,11H2,1-2H3. The summed E-state index contributed by atoms with van der Waals surface area (Å²) >= 11 is 6.10. The summed E-state index contributed by atoms with van der Waals surface area (Å²) in [6.45, 7) is 6.58. The minimum absolute atomic E-state index is 0.0301. The Bertz CT molecular complexity index is 841. The van der Waals surface area contributed by atoms with Crippen molar-refractivity contribution in [2.24, 2.45) is 0 Å². The molecule has 132 valence electrons. The zero-order valence-corrected chi connectivity index (χ0v) is 15.2. The van der Waals surface area contributed by atoms with Gasteiger partial charge in [0.1, 0.15) is 6.54 Å². The zero-order chi connectivity index (χ0) is 18.0. The van der Waals surface area contributed by atoms with E-state index in [-0.39, 0.29) is 18.0 Å². The summed E-state index contributed by atoms with van der Waals surface area (Å²) in [5.74, 6) is -0.0600. The van der Waals surface area contributed by atoms with E-state index in [0.717, 1.165) is 18.8 Å². The molecule has 7 heteroatoms. The highest BCUT2D eigenvalue weighted by Gasteiger charge is 2.22. The summed E-state index contributed by atoms with van der Waals surface area (Å²) in [7, 11) is 0. The number of anilines is 1. The molecule has 1 saturated heterocycles. The van der Waals surface area contributed by atoms with E-state index in [1.807, 2.05) is 18.2 Å². The van der Waals surface area contributed by atoms with Gasteiger partial charge in [-0.3, -0.25) is 14.2 Å². The van der Waals surface area contributed by atoms with Crippen LogP contribution in [0.2, 0.25) is 5.02 Å². The molecule has 1 aliphatic rings. The number of carbonyl (C=O) groups is 1. The second-order valence-corrected chi connectivity index (χ2v) is 6.73. The fraction of sp³-hybridized carbons (Fsp3) is 0.389. The van der Waals surface area contributed by atoms with Crippen LogP contribution in [-0.4, -0.2) is 46.5 Å². The van der Waals surface area contributed by atoms with Crippen molar-refractivity contribution in [3.8, 4) is 0 Å². The first-order valence-electron chi connectivity index (χ1n) is 8.26. The summed E-state index contributed by atoms with van der Waals surface area (Å²) in [4.78, 5) is 32.5. The van der Waals surface area contributed by atoms with Crippen molar-refractivity contribution >= 4 is 23.2 Å². The monoisotopic (exact) mass is 360 g/mol. The van der Waals surface area contributed by atoms with Crippen LogP contribution in [0, 0.1) is 13.8 Å². The highest BCUT2D eigenvalue weighted by atomic mass is 35.5. The molecule has 0 unspecified atom stereocenters. The van der Waals surface area contributed by atoms with Crippen LogP contribution in [0.25, 0.3) is 0 Å². The van der Waals surface area contributed by atoms with E-state index in [1.54, 1.807) is 11.8 Å². The van der Waals surface area contributed by atoms with E-state index >= 15 is 0 Å². The van der Waals surface area contributed by atoms with E-state index in [0.29, 0.717) is 23.8 Å². The first-order valence-corrected chi connectivity index (χ1v) is 8.64. The maximum Gasteiger partial charge on any atom is 0.253 e. The number of aromatic nitrogens is 2. The van der Waals surface area contributed by atoms with Gasteiger partial charge in [-0.15, -0.1) is 0 Å². The highest BCUT2D eigenvalue weighted by Crippen LogP contribution is 2.25. The lowest BCUT2D eigenvalue weighted by atomic mass is 10.1. The lowest BCUT2D eigenvalue weighted by molar-refractivity contribution is -0.132. The number of rotatable bonds is 3. The van der Waals surface area contributed by atoms with Gasteiger partial charge in [-0.2, -0.15) is 0 Å². The third-order valence-corrected chi connectivity index (χ3v) is 4.70. The third-order valence-electron chi connectivity index (χ3n) is 4.47. The Labute approximate surface area is 151 Å². The van der Waals surface area contributed by atoms with Gasteiger partial charge >= 0.3 is 0 Å². The Balaban J connectivity index is 1.63. The molecular weight excluding hydrogens is 340 g/mol. The van der Waals surface area contributed by atoms with Gasteiger partial charge in [-0.25, -0.2) is 4.98 Å². The molecule has 0 radical (unpaired) electrons. The predicted octanol–water partition coefficient (Wildman–Crippen LogP) is 1.86. The van der Waals surface area contributed by atoms with Gasteiger partial charge in [-0.05, 0) is 31.5 Å². The van der Waals surface area contributed by atoms with Crippen LogP contribution >= 0.6 is 11.6 Å². The number of nitrogens with zero attached hydrogens (tertiary/aromatic N) is 4. The van der Waals surface area contributed by atoms with Gasteiger partial charge in [0.15, 0.2) is 0 Å². The molecule has 0 spiro atoms. The van der Waals surface area contributed by atoms with Crippen LogP contribution in [0.15, 0.2) is 35.4 Å². The number of carbonyl (C=O) groups excluding carboxylic acids is 1. The topological polar surface area (TPSA) is 58.4 Å². The molecule has 0 atom stereocenters. The molecule has 2 aromatic rings. The predicted molar refractivity (Wildman–Crippen MR) is 98.2 cm³/mol. The summed E-state index contributed by atoms with van der Waals surface area (Å²) in [5.41, 5.74) is 2.73. The number of piperazine rings is 1. The summed E-state index contributed by atoms with van der Waals surface area (Å²) < 4.78 is 1.35. The molecular formula is C18H21ClN4O2. The number of hydrogen-bond acceptors (Lipinski definition) is 4. The molecule has 1 aromatic heterocycles. The number of aryl methyl sites for hydroxylation is 2. The second kappa shape index (κ2) is 7.27. The SMILES string of the molecule is Cc1cc(=O)n(CC(=O)N2CCN(c3cc(Cl)ccc3C)CC2)cn1. The van der Waals surface area contributed by atoms with Gasteiger partial charge in [0.2, 0.25) is 5.91 Å². The molecule has 1 amide bonds. The fourth-order valence-electron chi connectivity index (χ4n) is 3.00. The van der Waals surface area contributed by atoms with Crippen molar-refractivity contribution in [1.29, 1.82) is 0 Å². The fourth-order valence-corrected chi connectivity index (χ4v) is 3.17. The van der Waals surface area contributed by atoms with Gasteiger partial charge < -0.3 is 9.80 Å². The van der Waals surface area contributed by atoms with E-state index in [9.17, 15) is 9.59 Å². The molecule has 1 aliphatic heterocycles. The first-order chi connectivity index (χ1) is 11.9. The Hall–Kier alpha value is -2.34. The van der Waals surface area contributed by atoms with E-state index < -0.39 is 0 Å². The largest absolute Gasteiger partial charge is 0.368 e. The normalized spacial score (nSPS) is 14.7. The second-order valence-electron chi connectivity index (χ2n) is 6.30. The minimum Gasteiger partial charge on any atom is -0.368 e. The van der Waals surface area contributed by atoms with E-state index in [4.69, 9.17) is 11.6 Å². The number of halogens is 1. The van der Waals surface area contributed by atoms with Gasteiger partial charge in [0.05, 0.1) is 6.33 Å². The van der Waals surface area contributed by atoms with E-state index in [1.165, 1.54) is 22.5 Å². The Kier molecular flexibility index (Phi) is 5.08. The lowest BCUT2D eigenvalue weighted by Crippen LogP contribution is -2.50. The van der Waals surface area contributed by atoms with Gasteiger partial charge in [0, 0.05) is 48.6 Å². The summed E-state index contributed by atoms with van der Waals surface area (Å²) in [6, 6.07) is 7.29. The maximum atomic E-state index is 12.5. The zero-order valence-electron chi connectivity index (χ0n) is 14.4. The molecule has 0 bridgehead atoms. The van der Waals surface area contributed by atoms with Gasteiger partial charge in [-0.1, -0.05) is 17.7 Å². The molecule has 1 fully saturated rings. The number of amides is 1. The van der Waals surface area contributed by atoms with E-state index in [2.05, 4.69) is 16.8 Å². The van der Waals surface area contributed by atoms with Crippen molar-refractivity contribution in [1.82, 2.24) is 14.5 Å². The molecule has 25 heavy (non-hydrogen) atoms. The molecule has 0 saturated carbocycles. The molecule has 6 nitrogen and oxygen atoms in total. The third kappa shape index (κ3) is 4.02. The maximum absolute atomic E-state index is 12.5. The molecule has 2 heterocycles. The van der Waals surface area contributed by atoms with Crippen LogP contribution in [-0.2, 0) is 11.3 Å². The molecule has 0 N–H and O–H groups in total. The van der Waals surface area contributed by atoms with Crippen LogP contribution in [0.4, 0.5) is 5.69 Å². The van der Waals surface area contributed by atoms with Crippen LogP contribution < -0.4 is 10.5 Å². The Morgan fingerprint density at radius 3 is 2.56 bits per heavy atom. The van der Waals surface area contributed by atoms with Crippen molar-refractivity contribution in [2.75, 3.05) is 31.1 Å². The summed E-state index contributed by atoms with van der Waals surface area (Å²) in [5, 5.41) is 0.713. The van der Waals surface area contributed by atoms with Crippen molar-refractivity contribution in [3.63, 3.8) is 0 Å². The molecule has 3 rings (SSSR count). The lowest BCUT2D eigenvalue weighted by Gasteiger charge is -2.37.